The Bertz CT molecular complexity index is 1370. The molecule has 1 heterocycles. The maximum Gasteiger partial charge on any atom is 0.316 e. The van der Waals surface area contributed by atoms with Crippen molar-refractivity contribution in [2.75, 3.05) is 0 Å². The van der Waals surface area contributed by atoms with Gasteiger partial charge in [-0.05, 0) is 4.43 Å². The Morgan fingerprint density at radius 2 is 0.564 bits per heavy atom. The van der Waals surface area contributed by atoms with Crippen LogP contribution in [-0.2, 0) is 5.41 Å². The quantitative estimate of drug-likeness (QED) is 0.129. The Morgan fingerprint density at radius 1 is 0.333 bits per heavy atom. The summed E-state index contributed by atoms with van der Waals surface area (Å²) in [5, 5.41) is -1.78. The van der Waals surface area contributed by atoms with E-state index in [0.29, 0.717) is 0 Å². The minimum absolute atomic E-state index is 0.892. The van der Waals surface area contributed by atoms with Gasteiger partial charge in [-0.15, -0.1) is 0 Å². The fraction of sp³-hybridized carbons (Fsp3) is 0.217. The molecule has 0 aliphatic carbocycles. The van der Waals surface area contributed by atoms with E-state index in [9.17, 15) is 65.9 Å². The van der Waals surface area contributed by atoms with Crippen molar-refractivity contribution in [3.8, 4) is 0 Å². The highest BCUT2D eigenvalue weighted by Crippen LogP contribution is 2.50. The highest BCUT2D eigenvalue weighted by molar-refractivity contribution is 6.73. The molecule has 3 aromatic carbocycles. The van der Waals surface area contributed by atoms with Gasteiger partial charge in [0.1, 0.15) is 0 Å². The zero-order valence-electron chi connectivity index (χ0n) is 18.6. The molecule has 0 nitrogen and oxygen atoms in total. The number of rotatable bonds is 3. The lowest BCUT2D eigenvalue weighted by Gasteiger charge is -2.41. The fourth-order valence-corrected chi connectivity index (χ4v) is 8.57. The number of hydrogen-bond donors (Lipinski definition) is 0. The molecule has 0 N–H and O–H groups in total. The molecular weight excluding hydrogens is 588 g/mol. The topological polar surface area (TPSA) is 0 Å². The molecule has 1 fully saturated rings. The van der Waals surface area contributed by atoms with Crippen molar-refractivity contribution in [2.24, 2.45) is 0 Å². The normalized spacial score (nSPS) is 15.3. The summed E-state index contributed by atoms with van der Waals surface area (Å²) in [7, 11) is 0. The van der Waals surface area contributed by atoms with Crippen LogP contribution in [0.4, 0.5) is 65.9 Å². The van der Waals surface area contributed by atoms with Crippen LogP contribution in [0.1, 0.15) is 24.0 Å². The lowest BCUT2D eigenvalue weighted by atomic mass is 9.69. The minimum atomic E-state index is -3.51. The Labute approximate surface area is 212 Å². The third-order valence-corrected chi connectivity index (χ3v) is 10.2. The zero-order chi connectivity index (χ0) is 29.3. The van der Waals surface area contributed by atoms with Crippen LogP contribution in [0.3, 0.4) is 0 Å². The number of hydrogen-bond acceptors (Lipinski definition) is 0. The largest absolute Gasteiger partial charge is 0.316 e. The molecule has 0 aromatic heterocycles. The van der Waals surface area contributed by atoms with Crippen LogP contribution in [0, 0.1) is 87.3 Å². The smallest absolute Gasteiger partial charge is 0.205 e. The summed E-state index contributed by atoms with van der Waals surface area (Å²) in [6.07, 6.45) is -2.53. The lowest BCUT2D eigenvalue weighted by molar-refractivity contribution is 0.308. The highest BCUT2D eigenvalue weighted by Gasteiger charge is 2.51. The number of halogens is 15. The van der Waals surface area contributed by atoms with Crippen LogP contribution in [-0.4, -0.2) is 14.1 Å². The Kier molecular flexibility index (Phi) is 7.44. The summed E-state index contributed by atoms with van der Waals surface area (Å²) >= 11 is -3.51. The third-order valence-electron chi connectivity index (χ3n) is 6.87. The van der Waals surface area contributed by atoms with E-state index in [0.717, 1.165) is 0 Å². The third kappa shape index (κ3) is 4.09. The average molecular weight is 596 g/mol. The molecule has 208 valence electrons. The standard InChI is InChI=1S/C17H8F10.C6F5.Al/c1-3-17(4-2,5-7(18)11(22)15(26)12(23)8(5)19)6-9(20)13(24)16(27)14(25)10(6)21;7-2-1-3(8)5(10)6(11)4(2)9;/h1-4H2;;. The molecule has 1 aliphatic rings. The van der Waals surface area contributed by atoms with Gasteiger partial charge in [0.15, 0.2) is 75.6 Å². The van der Waals surface area contributed by atoms with Crippen molar-refractivity contribution in [1.29, 1.82) is 0 Å². The van der Waals surface area contributed by atoms with E-state index in [4.69, 9.17) is 0 Å². The summed E-state index contributed by atoms with van der Waals surface area (Å²) in [5.41, 5.74) is -7.19. The molecule has 16 heteroatoms. The highest BCUT2D eigenvalue weighted by atomic mass is 27.2. The first-order valence-corrected chi connectivity index (χ1v) is 12.9. The van der Waals surface area contributed by atoms with E-state index < -0.39 is 146 Å². The maximum absolute atomic E-state index is 14.9. The number of benzene rings is 3. The molecule has 0 saturated carbocycles. The molecule has 39 heavy (non-hydrogen) atoms. The van der Waals surface area contributed by atoms with Gasteiger partial charge in [0, 0.05) is 16.5 Å². The Balaban J connectivity index is 2.00. The van der Waals surface area contributed by atoms with E-state index in [-0.39, 0.29) is 0 Å². The molecule has 0 amide bonds. The van der Waals surface area contributed by atoms with Crippen molar-refractivity contribution in [1.82, 2.24) is 0 Å². The first kappa shape index (κ1) is 29.1. The van der Waals surface area contributed by atoms with Gasteiger partial charge in [0.05, 0.1) is 0 Å². The second kappa shape index (κ2) is 9.96. The van der Waals surface area contributed by atoms with Crippen LogP contribution in [0.25, 0.3) is 0 Å². The van der Waals surface area contributed by atoms with E-state index >= 15 is 0 Å². The Hall–Kier alpha value is -2.86. The molecule has 0 atom stereocenters. The Morgan fingerprint density at radius 3 is 0.846 bits per heavy atom. The molecule has 0 radical (unpaired) electrons. The second-order valence-corrected chi connectivity index (χ2v) is 11.9. The van der Waals surface area contributed by atoms with Crippen LogP contribution in [0.2, 0.25) is 10.6 Å². The summed E-state index contributed by atoms with van der Waals surface area (Å²) in [6.45, 7) is 0. The van der Waals surface area contributed by atoms with E-state index in [1.807, 2.05) is 0 Å². The molecule has 0 spiro atoms. The predicted octanol–water partition coefficient (Wildman–Crippen LogP) is 7.26. The molecule has 1 aliphatic heterocycles. The first-order valence-electron chi connectivity index (χ1n) is 10.6. The molecule has 0 unspecified atom stereocenters. The molecule has 4 rings (SSSR count). The van der Waals surface area contributed by atoms with Gasteiger partial charge in [0.25, 0.3) is 0 Å². The van der Waals surface area contributed by atoms with Gasteiger partial charge >= 0.3 is 14.1 Å². The van der Waals surface area contributed by atoms with Crippen molar-refractivity contribution in [2.45, 2.75) is 28.8 Å². The van der Waals surface area contributed by atoms with Crippen LogP contribution in [0.15, 0.2) is 0 Å². The molecule has 0 bridgehead atoms. The van der Waals surface area contributed by atoms with E-state index in [1.54, 1.807) is 0 Å². The molecule has 3 aromatic rings. The monoisotopic (exact) mass is 596 g/mol. The van der Waals surface area contributed by atoms with Gasteiger partial charge in [-0.25, -0.2) is 65.9 Å². The minimum Gasteiger partial charge on any atom is -0.205 e. The summed E-state index contributed by atoms with van der Waals surface area (Å²) < 4.78 is 212. The fourth-order valence-electron chi connectivity index (χ4n) is 5.05. The molecule has 1 saturated heterocycles. The average Bonchev–Trinajstić information content (AvgIpc) is 2.92. The van der Waals surface area contributed by atoms with Gasteiger partial charge in [0.2, 0.25) is 11.6 Å². The summed E-state index contributed by atoms with van der Waals surface area (Å²) in [4.78, 5) is 0. The summed E-state index contributed by atoms with van der Waals surface area (Å²) in [5.74, 6) is -38.5. The van der Waals surface area contributed by atoms with Gasteiger partial charge in [-0.2, -0.15) is 0 Å². The first-order chi connectivity index (χ1) is 18.1. The van der Waals surface area contributed by atoms with Crippen LogP contribution in [0.5, 0.6) is 0 Å². The van der Waals surface area contributed by atoms with Crippen molar-refractivity contribution >= 4 is 18.6 Å². The molecular formula is C23H8AlF15. The lowest BCUT2D eigenvalue weighted by Crippen LogP contribution is -2.46. The van der Waals surface area contributed by atoms with Crippen molar-refractivity contribution in [3.05, 3.63) is 98.4 Å². The van der Waals surface area contributed by atoms with E-state index in [1.165, 1.54) is 0 Å². The SMILES string of the molecule is Fc1c(F)c(F)[c]([Al]2[CH2]CC(c3c(F)c(F)c(F)c(F)c3F)(c3c(F)c(F)c(F)c(F)c3F)C[CH2]2)c(F)c1F. The van der Waals surface area contributed by atoms with Crippen molar-refractivity contribution < 1.29 is 65.9 Å². The maximum atomic E-state index is 14.9. The van der Waals surface area contributed by atoms with Crippen molar-refractivity contribution in [3.63, 3.8) is 0 Å². The van der Waals surface area contributed by atoms with Gasteiger partial charge in [-0.1, -0.05) is 23.4 Å². The predicted molar refractivity (Wildman–Crippen MR) is 104 cm³/mol. The second-order valence-electron chi connectivity index (χ2n) is 8.73. The van der Waals surface area contributed by atoms with Gasteiger partial charge in [-0.3, -0.25) is 0 Å². The summed E-state index contributed by atoms with van der Waals surface area (Å²) in [6, 6.07) is 0. The van der Waals surface area contributed by atoms with E-state index in [2.05, 4.69) is 0 Å². The zero-order valence-corrected chi connectivity index (χ0v) is 19.7. The van der Waals surface area contributed by atoms with Gasteiger partial charge < -0.3 is 0 Å². The van der Waals surface area contributed by atoms with Crippen LogP contribution >= 0.6 is 0 Å². The van der Waals surface area contributed by atoms with Crippen LogP contribution < -0.4 is 4.43 Å².